The average Bonchev–Trinajstić information content (AvgIpc) is 2.36. The second-order valence-corrected chi connectivity index (χ2v) is 6.03. The van der Waals surface area contributed by atoms with Gasteiger partial charge in [0.15, 0.2) is 0 Å². The molecular formula is C14H28N2O5. The first-order valence-electron chi connectivity index (χ1n) is 7.05. The van der Waals surface area contributed by atoms with Crippen LogP contribution in [0, 0.1) is 5.41 Å². The van der Waals surface area contributed by atoms with Crippen LogP contribution >= 0.6 is 0 Å². The summed E-state index contributed by atoms with van der Waals surface area (Å²) in [5.41, 5.74) is -0.139. The minimum absolute atomic E-state index is 0.129. The Labute approximate surface area is 126 Å². The maximum absolute atomic E-state index is 11.8. The Balaban J connectivity index is 3.99. The molecule has 1 atom stereocenters. The topological polar surface area (TPSA) is 99.1 Å². The molecule has 0 heterocycles. The molecule has 0 rings (SSSR count). The Morgan fingerprint density at radius 2 is 1.95 bits per heavy atom. The lowest BCUT2D eigenvalue weighted by atomic mass is 9.84. The number of amides is 2. The predicted molar refractivity (Wildman–Crippen MR) is 79.2 cm³/mol. The van der Waals surface area contributed by atoms with Gasteiger partial charge in [0.2, 0.25) is 0 Å². The molecule has 7 nitrogen and oxygen atoms in total. The summed E-state index contributed by atoms with van der Waals surface area (Å²) >= 11 is 0. The zero-order valence-corrected chi connectivity index (χ0v) is 13.4. The number of methoxy groups -OCH3 is 1. The molecule has 124 valence electrons. The number of hydrogen-bond acceptors (Lipinski definition) is 4. The largest absolute Gasteiger partial charge is 0.481 e. The standard InChI is InChI=1S/C14H28N2O5/c1-14(2,6-5-12(18)19)7-8-15-13(20)16(3)9-11(17)10-21-4/h11,17H,5-10H2,1-4H3,(H,15,20)(H,18,19). The number of aliphatic hydroxyl groups is 1. The molecule has 0 aromatic carbocycles. The van der Waals surface area contributed by atoms with Crippen LogP contribution < -0.4 is 5.32 Å². The van der Waals surface area contributed by atoms with E-state index in [1.807, 2.05) is 13.8 Å². The van der Waals surface area contributed by atoms with Crippen LogP contribution in [0.5, 0.6) is 0 Å². The number of carbonyl (C=O) groups is 2. The number of hydrogen-bond donors (Lipinski definition) is 3. The lowest BCUT2D eigenvalue weighted by molar-refractivity contribution is -0.137. The Hall–Kier alpha value is -1.34. The molecule has 0 saturated heterocycles. The van der Waals surface area contributed by atoms with E-state index < -0.39 is 12.1 Å². The quantitative estimate of drug-likeness (QED) is 0.557. The molecule has 0 saturated carbocycles. The Morgan fingerprint density at radius 3 is 2.48 bits per heavy atom. The van der Waals surface area contributed by atoms with Gasteiger partial charge in [-0.15, -0.1) is 0 Å². The maximum Gasteiger partial charge on any atom is 0.317 e. The van der Waals surface area contributed by atoms with Gasteiger partial charge < -0.3 is 25.2 Å². The van der Waals surface area contributed by atoms with Gasteiger partial charge in [0, 0.05) is 27.1 Å². The van der Waals surface area contributed by atoms with E-state index in [1.54, 1.807) is 7.05 Å². The first-order valence-corrected chi connectivity index (χ1v) is 7.05. The van der Waals surface area contributed by atoms with E-state index in [0.29, 0.717) is 19.4 Å². The normalized spacial score (nSPS) is 12.8. The highest BCUT2D eigenvalue weighted by molar-refractivity contribution is 5.73. The number of nitrogens with one attached hydrogen (secondary N) is 1. The van der Waals surface area contributed by atoms with E-state index in [1.165, 1.54) is 12.0 Å². The zero-order valence-electron chi connectivity index (χ0n) is 13.4. The minimum atomic E-state index is -0.807. The van der Waals surface area contributed by atoms with Crippen LogP contribution in [0.25, 0.3) is 0 Å². The van der Waals surface area contributed by atoms with Crippen LogP contribution in [-0.4, -0.2) is 67.1 Å². The number of carboxylic acid groups (broad SMARTS) is 1. The number of likely N-dealkylation sites (N-methyl/N-ethyl adjacent to an activating group) is 1. The van der Waals surface area contributed by atoms with Gasteiger partial charge in [0.25, 0.3) is 0 Å². The monoisotopic (exact) mass is 304 g/mol. The molecule has 0 aromatic heterocycles. The lowest BCUT2D eigenvalue weighted by Crippen LogP contribution is -2.43. The van der Waals surface area contributed by atoms with Crippen LogP contribution in [0.2, 0.25) is 0 Å². The predicted octanol–water partition coefficient (Wildman–Crippen LogP) is 0.916. The summed E-state index contributed by atoms with van der Waals surface area (Å²) in [7, 11) is 3.09. The summed E-state index contributed by atoms with van der Waals surface area (Å²) in [5.74, 6) is -0.807. The van der Waals surface area contributed by atoms with Crippen molar-refractivity contribution in [2.75, 3.05) is 33.9 Å². The van der Waals surface area contributed by atoms with Gasteiger partial charge in [-0.25, -0.2) is 4.79 Å². The molecule has 3 N–H and O–H groups in total. The number of ether oxygens (including phenoxy) is 1. The number of aliphatic hydroxyl groups excluding tert-OH is 1. The van der Waals surface area contributed by atoms with Crippen molar-refractivity contribution < 1.29 is 24.5 Å². The molecule has 21 heavy (non-hydrogen) atoms. The fourth-order valence-electron chi connectivity index (χ4n) is 1.86. The second-order valence-electron chi connectivity index (χ2n) is 6.03. The van der Waals surface area contributed by atoms with Gasteiger partial charge in [-0.05, 0) is 18.3 Å². The molecule has 1 unspecified atom stereocenters. The van der Waals surface area contributed by atoms with Gasteiger partial charge >= 0.3 is 12.0 Å². The number of aliphatic carboxylic acids is 1. The van der Waals surface area contributed by atoms with E-state index in [2.05, 4.69) is 5.32 Å². The number of rotatable bonds is 10. The van der Waals surface area contributed by atoms with Crippen molar-refractivity contribution in [3.8, 4) is 0 Å². The maximum atomic E-state index is 11.8. The number of carboxylic acids is 1. The van der Waals surface area contributed by atoms with Crippen molar-refractivity contribution in [1.29, 1.82) is 0 Å². The second kappa shape index (κ2) is 9.57. The van der Waals surface area contributed by atoms with Crippen molar-refractivity contribution >= 4 is 12.0 Å². The third kappa shape index (κ3) is 10.1. The van der Waals surface area contributed by atoms with Crippen molar-refractivity contribution in [2.45, 2.75) is 39.2 Å². The molecule has 0 aromatic rings. The van der Waals surface area contributed by atoms with Gasteiger partial charge in [0.05, 0.1) is 19.3 Å². The fourth-order valence-corrected chi connectivity index (χ4v) is 1.86. The van der Waals surface area contributed by atoms with Crippen LogP contribution in [0.15, 0.2) is 0 Å². The molecule has 2 amide bonds. The highest BCUT2D eigenvalue weighted by Gasteiger charge is 2.20. The Kier molecular flexibility index (Phi) is 8.96. The molecule has 0 aliphatic heterocycles. The van der Waals surface area contributed by atoms with Crippen LogP contribution in [0.1, 0.15) is 33.1 Å². The van der Waals surface area contributed by atoms with E-state index in [-0.39, 0.29) is 31.0 Å². The van der Waals surface area contributed by atoms with E-state index in [0.717, 1.165) is 0 Å². The van der Waals surface area contributed by atoms with Crippen LogP contribution in [-0.2, 0) is 9.53 Å². The van der Waals surface area contributed by atoms with Crippen LogP contribution in [0.3, 0.4) is 0 Å². The molecule has 0 aliphatic carbocycles. The summed E-state index contributed by atoms with van der Waals surface area (Å²) in [5, 5.41) is 21.0. The SMILES string of the molecule is COCC(O)CN(C)C(=O)NCCC(C)(C)CCC(=O)O. The van der Waals surface area contributed by atoms with Gasteiger partial charge in [-0.1, -0.05) is 13.8 Å². The Morgan fingerprint density at radius 1 is 1.33 bits per heavy atom. The molecule has 0 aliphatic rings. The molecule has 0 fully saturated rings. The van der Waals surface area contributed by atoms with Crippen molar-refractivity contribution in [2.24, 2.45) is 5.41 Å². The third-order valence-corrected chi connectivity index (χ3v) is 3.28. The lowest BCUT2D eigenvalue weighted by Gasteiger charge is -2.25. The summed E-state index contributed by atoms with van der Waals surface area (Å²) in [6, 6.07) is -0.265. The first kappa shape index (κ1) is 19.7. The minimum Gasteiger partial charge on any atom is -0.481 e. The van der Waals surface area contributed by atoms with Gasteiger partial charge in [-0.2, -0.15) is 0 Å². The average molecular weight is 304 g/mol. The van der Waals surface area contributed by atoms with Crippen molar-refractivity contribution in [3.05, 3.63) is 0 Å². The highest BCUT2D eigenvalue weighted by atomic mass is 16.5. The van der Waals surface area contributed by atoms with Crippen molar-refractivity contribution in [3.63, 3.8) is 0 Å². The molecule has 0 bridgehead atoms. The summed E-state index contributed by atoms with van der Waals surface area (Å²) in [6.45, 7) is 4.81. The molecule has 7 heteroatoms. The number of urea groups is 1. The van der Waals surface area contributed by atoms with E-state index in [4.69, 9.17) is 9.84 Å². The van der Waals surface area contributed by atoms with E-state index >= 15 is 0 Å². The molecule has 0 spiro atoms. The van der Waals surface area contributed by atoms with Crippen LogP contribution in [0.4, 0.5) is 4.79 Å². The smallest absolute Gasteiger partial charge is 0.317 e. The fraction of sp³-hybridized carbons (Fsp3) is 0.857. The Bertz CT molecular complexity index is 333. The molecule has 0 radical (unpaired) electrons. The molecular weight excluding hydrogens is 276 g/mol. The van der Waals surface area contributed by atoms with Crippen molar-refractivity contribution in [1.82, 2.24) is 10.2 Å². The third-order valence-electron chi connectivity index (χ3n) is 3.28. The van der Waals surface area contributed by atoms with Gasteiger partial charge in [0.1, 0.15) is 0 Å². The number of nitrogens with zero attached hydrogens (tertiary/aromatic N) is 1. The zero-order chi connectivity index (χ0) is 16.5. The number of carbonyl (C=O) groups excluding carboxylic acids is 1. The summed E-state index contributed by atoms with van der Waals surface area (Å²) in [6.07, 6.45) is 0.684. The van der Waals surface area contributed by atoms with E-state index in [9.17, 15) is 14.7 Å². The first-order chi connectivity index (χ1) is 9.68. The summed E-state index contributed by atoms with van der Waals surface area (Å²) in [4.78, 5) is 23.8. The highest BCUT2D eigenvalue weighted by Crippen LogP contribution is 2.25. The van der Waals surface area contributed by atoms with Gasteiger partial charge in [-0.3, -0.25) is 4.79 Å². The summed E-state index contributed by atoms with van der Waals surface area (Å²) < 4.78 is 4.80.